The second-order valence-electron chi connectivity index (χ2n) is 2.75. The van der Waals surface area contributed by atoms with Gasteiger partial charge in [-0.1, -0.05) is 0 Å². The highest BCUT2D eigenvalue weighted by Gasteiger charge is 2.03. The molecule has 62 valence electrons. The van der Waals surface area contributed by atoms with E-state index in [4.69, 9.17) is 0 Å². The van der Waals surface area contributed by atoms with Crippen molar-refractivity contribution >= 4 is 33.5 Å². The number of hydrogen-bond acceptors (Lipinski definition) is 0. The van der Waals surface area contributed by atoms with Crippen LogP contribution in [-0.2, 0) is 7.05 Å². The highest BCUT2D eigenvalue weighted by molar-refractivity contribution is 14.1. The van der Waals surface area contributed by atoms with Crippen LogP contribution < -0.4 is 0 Å². The van der Waals surface area contributed by atoms with E-state index in [2.05, 4.69) is 22.6 Å². The van der Waals surface area contributed by atoms with Gasteiger partial charge in [0, 0.05) is 27.7 Å². The van der Waals surface area contributed by atoms with Gasteiger partial charge >= 0.3 is 0 Å². The summed E-state index contributed by atoms with van der Waals surface area (Å²) in [7, 11) is 1.96. The third kappa shape index (κ3) is 1.12. The summed E-state index contributed by atoms with van der Waals surface area (Å²) in [6.45, 7) is 0. The van der Waals surface area contributed by atoms with Crippen LogP contribution in [0.15, 0.2) is 24.4 Å². The summed E-state index contributed by atoms with van der Waals surface area (Å²) >= 11 is 2.21. The molecule has 0 fully saturated rings. The summed E-state index contributed by atoms with van der Waals surface area (Å²) in [5, 5.41) is 0.984. The van der Waals surface area contributed by atoms with Crippen molar-refractivity contribution in [2.45, 2.75) is 0 Å². The third-order valence-corrected chi connectivity index (χ3v) is 2.76. The van der Waals surface area contributed by atoms with Gasteiger partial charge in [0.2, 0.25) is 0 Å². The van der Waals surface area contributed by atoms with Crippen LogP contribution in [0.5, 0.6) is 0 Å². The zero-order valence-electron chi connectivity index (χ0n) is 6.51. The van der Waals surface area contributed by atoms with E-state index in [0.29, 0.717) is 0 Å². The summed E-state index contributed by atoms with van der Waals surface area (Å²) < 4.78 is 15.9. The molecular weight excluding hydrogens is 268 g/mol. The van der Waals surface area contributed by atoms with Crippen molar-refractivity contribution in [3.63, 3.8) is 0 Å². The molecule has 2 rings (SSSR count). The van der Waals surface area contributed by atoms with Gasteiger partial charge in [-0.3, -0.25) is 0 Å². The van der Waals surface area contributed by atoms with Gasteiger partial charge in [0.15, 0.2) is 0 Å². The van der Waals surface area contributed by atoms with Crippen LogP contribution in [0.1, 0.15) is 0 Å². The molecule has 0 atom stereocenters. The topological polar surface area (TPSA) is 4.93 Å². The van der Waals surface area contributed by atoms with Crippen LogP contribution in [0, 0.1) is 9.39 Å². The maximum absolute atomic E-state index is 12.8. The normalized spacial score (nSPS) is 10.9. The van der Waals surface area contributed by atoms with Gasteiger partial charge in [-0.05, 0) is 40.8 Å². The second kappa shape index (κ2) is 2.73. The van der Waals surface area contributed by atoms with Crippen molar-refractivity contribution in [1.82, 2.24) is 4.57 Å². The van der Waals surface area contributed by atoms with E-state index in [9.17, 15) is 4.39 Å². The van der Waals surface area contributed by atoms with Crippen LogP contribution in [-0.4, -0.2) is 4.57 Å². The summed E-state index contributed by atoms with van der Waals surface area (Å²) in [4.78, 5) is 0. The quantitative estimate of drug-likeness (QED) is 0.651. The van der Waals surface area contributed by atoms with Gasteiger partial charge in [0.1, 0.15) is 5.82 Å². The first-order valence-electron chi connectivity index (χ1n) is 3.58. The Morgan fingerprint density at radius 1 is 1.42 bits per heavy atom. The third-order valence-electron chi connectivity index (χ3n) is 1.90. The number of hydrogen-bond donors (Lipinski definition) is 0. The number of rotatable bonds is 0. The van der Waals surface area contributed by atoms with Gasteiger partial charge in [-0.2, -0.15) is 0 Å². The monoisotopic (exact) mass is 275 g/mol. The molecule has 0 aliphatic heterocycles. The van der Waals surface area contributed by atoms with E-state index in [1.54, 1.807) is 12.1 Å². The highest BCUT2D eigenvalue weighted by Crippen LogP contribution is 2.22. The fraction of sp³-hybridized carbons (Fsp3) is 0.111. The van der Waals surface area contributed by atoms with Gasteiger partial charge in [0.05, 0.1) is 0 Å². The molecule has 0 unspecified atom stereocenters. The molecule has 0 radical (unpaired) electrons. The minimum Gasteiger partial charge on any atom is -0.349 e. The second-order valence-corrected chi connectivity index (χ2v) is 3.91. The minimum atomic E-state index is -0.174. The maximum atomic E-state index is 12.8. The summed E-state index contributed by atoms with van der Waals surface area (Å²) in [5.74, 6) is -0.174. The Bertz CT molecular complexity index is 433. The van der Waals surface area contributed by atoms with E-state index >= 15 is 0 Å². The zero-order chi connectivity index (χ0) is 8.72. The zero-order valence-corrected chi connectivity index (χ0v) is 8.67. The average molecular weight is 275 g/mol. The molecule has 2 aromatic rings. The lowest BCUT2D eigenvalue weighted by Gasteiger charge is -1.94. The van der Waals surface area contributed by atoms with Gasteiger partial charge in [0.25, 0.3) is 0 Å². The van der Waals surface area contributed by atoms with E-state index in [1.807, 2.05) is 17.8 Å². The molecule has 0 bridgehead atoms. The molecule has 12 heavy (non-hydrogen) atoms. The van der Waals surface area contributed by atoms with Crippen molar-refractivity contribution < 1.29 is 4.39 Å². The molecule has 0 N–H and O–H groups in total. The van der Waals surface area contributed by atoms with E-state index in [-0.39, 0.29) is 5.82 Å². The van der Waals surface area contributed by atoms with E-state index in [1.165, 1.54) is 6.07 Å². The molecule has 1 nitrogen and oxygen atoms in total. The van der Waals surface area contributed by atoms with Gasteiger partial charge < -0.3 is 4.57 Å². The molecule has 0 aliphatic carbocycles. The lowest BCUT2D eigenvalue weighted by atomic mass is 10.2. The molecule has 1 aromatic heterocycles. The molecule has 0 amide bonds. The number of nitrogens with zero attached hydrogens (tertiary/aromatic N) is 1. The van der Waals surface area contributed by atoms with Crippen LogP contribution in [0.25, 0.3) is 10.9 Å². The number of aromatic nitrogens is 1. The molecule has 0 aliphatic rings. The first-order chi connectivity index (χ1) is 5.68. The number of benzene rings is 1. The minimum absolute atomic E-state index is 0.174. The van der Waals surface area contributed by atoms with Crippen LogP contribution in [0.2, 0.25) is 0 Å². The Kier molecular flexibility index (Phi) is 1.83. The Labute approximate surface area is 83.3 Å². The largest absolute Gasteiger partial charge is 0.349 e. The standard InChI is InChI=1S/C9H7FIN/c1-12-5-8(11)7-4-6(10)2-3-9(7)12/h2-5H,1H3. The Hall–Kier alpha value is -0.580. The molecule has 0 spiro atoms. The fourth-order valence-electron chi connectivity index (χ4n) is 1.32. The molecule has 1 aromatic carbocycles. The lowest BCUT2D eigenvalue weighted by Crippen LogP contribution is -1.83. The van der Waals surface area contributed by atoms with Crippen LogP contribution in [0.3, 0.4) is 0 Å². The van der Waals surface area contributed by atoms with Gasteiger partial charge in [-0.25, -0.2) is 4.39 Å². The van der Waals surface area contributed by atoms with Crippen molar-refractivity contribution in [2.24, 2.45) is 7.05 Å². The SMILES string of the molecule is Cn1cc(I)c2cc(F)ccc21. The van der Waals surface area contributed by atoms with E-state index in [0.717, 1.165) is 14.5 Å². The van der Waals surface area contributed by atoms with Crippen molar-refractivity contribution in [2.75, 3.05) is 0 Å². The van der Waals surface area contributed by atoms with Gasteiger partial charge in [-0.15, -0.1) is 0 Å². The van der Waals surface area contributed by atoms with E-state index < -0.39 is 0 Å². The predicted octanol–water partition coefficient (Wildman–Crippen LogP) is 2.92. The van der Waals surface area contributed by atoms with Crippen molar-refractivity contribution in [1.29, 1.82) is 0 Å². The Balaban J connectivity index is 2.90. The summed E-state index contributed by atoms with van der Waals surface area (Å²) in [6, 6.07) is 4.85. The van der Waals surface area contributed by atoms with Crippen molar-refractivity contribution in [3.8, 4) is 0 Å². The summed E-state index contributed by atoms with van der Waals surface area (Å²) in [5.41, 5.74) is 1.07. The summed E-state index contributed by atoms with van der Waals surface area (Å²) in [6.07, 6.45) is 1.99. The average Bonchev–Trinajstić information content (AvgIpc) is 2.28. The maximum Gasteiger partial charge on any atom is 0.123 e. The predicted molar refractivity (Wildman–Crippen MR) is 55.6 cm³/mol. The first kappa shape index (κ1) is 8.04. The van der Waals surface area contributed by atoms with Crippen LogP contribution >= 0.6 is 22.6 Å². The highest BCUT2D eigenvalue weighted by atomic mass is 127. The Morgan fingerprint density at radius 3 is 2.92 bits per heavy atom. The fourth-order valence-corrected chi connectivity index (χ4v) is 2.17. The first-order valence-corrected chi connectivity index (χ1v) is 4.66. The smallest absolute Gasteiger partial charge is 0.123 e. The number of fused-ring (bicyclic) bond motifs is 1. The molecular formula is C9H7FIN. The lowest BCUT2D eigenvalue weighted by molar-refractivity contribution is 0.629. The molecule has 1 heterocycles. The van der Waals surface area contributed by atoms with Crippen molar-refractivity contribution in [3.05, 3.63) is 33.8 Å². The number of halogens is 2. The molecule has 0 saturated carbocycles. The molecule has 3 heteroatoms. The Morgan fingerprint density at radius 2 is 2.17 bits per heavy atom. The van der Waals surface area contributed by atoms with Crippen LogP contribution in [0.4, 0.5) is 4.39 Å². The number of aryl methyl sites for hydroxylation is 1. The molecule has 0 saturated heterocycles.